The molecule has 0 radical (unpaired) electrons. The summed E-state index contributed by atoms with van der Waals surface area (Å²) in [4.78, 5) is 27.8. The number of methoxy groups -OCH3 is 1. The van der Waals surface area contributed by atoms with Crippen LogP contribution in [0.1, 0.15) is 45.2 Å². The molecule has 0 saturated carbocycles. The number of ether oxygens (including phenoxy) is 1. The van der Waals surface area contributed by atoms with E-state index < -0.39 is 17.4 Å². The second-order valence-corrected chi connectivity index (χ2v) is 8.82. The van der Waals surface area contributed by atoms with E-state index in [9.17, 15) is 14.0 Å². The van der Waals surface area contributed by atoms with Crippen LogP contribution in [0.5, 0.6) is 5.75 Å². The first-order valence-electron chi connectivity index (χ1n) is 10.2. The minimum atomic E-state index is -0.709. The Morgan fingerprint density at radius 3 is 2.32 bits per heavy atom. The van der Waals surface area contributed by atoms with Gasteiger partial charge in [0.1, 0.15) is 17.6 Å². The van der Waals surface area contributed by atoms with Crippen molar-refractivity contribution in [3.05, 3.63) is 64.4 Å². The first-order chi connectivity index (χ1) is 14.6. The van der Waals surface area contributed by atoms with E-state index >= 15 is 0 Å². The predicted octanol–water partition coefficient (Wildman–Crippen LogP) is 4.75. The molecule has 0 saturated heterocycles. The minimum Gasteiger partial charge on any atom is -0.497 e. The van der Waals surface area contributed by atoms with Crippen LogP contribution in [0.15, 0.2) is 42.5 Å². The summed E-state index contributed by atoms with van der Waals surface area (Å²) in [5.41, 5.74) is 0.504. The zero-order valence-electron chi connectivity index (χ0n) is 18.7. The van der Waals surface area contributed by atoms with Gasteiger partial charge in [-0.2, -0.15) is 0 Å². The lowest BCUT2D eigenvalue weighted by Crippen LogP contribution is -2.53. The second-order valence-electron chi connectivity index (χ2n) is 8.41. The van der Waals surface area contributed by atoms with E-state index in [4.69, 9.17) is 16.3 Å². The van der Waals surface area contributed by atoms with Crippen LogP contribution in [0.2, 0.25) is 5.02 Å². The molecule has 0 aromatic heterocycles. The Kier molecular flexibility index (Phi) is 8.45. The fourth-order valence-corrected chi connectivity index (χ4v) is 3.48. The van der Waals surface area contributed by atoms with Gasteiger partial charge >= 0.3 is 0 Å². The third kappa shape index (κ3) is 6.96. The molecule has 1 N–H and O–H groups in total. The standard InChI is InChI=1S/C24H30ClFN2O3/c1-6-21(23(30)27-24(2,3)4)28(15-16-10-12-17(31-5)13-11-16)22(29)14-18-19(25)8-7-9-20(18)26/h7-13,21H,6,14-15H2,1-5H3,(H,27,30)/t21-/m1/s1. The average Bonchev–Trinajstić information content (AvgIpc) is 2.69. The molecule has 0 heterocycles. The number of carbonyl (C=O) groups excluding carboxylic acids is 2. The third-order valence-corrected chi connectivity index (χ3v) is 5.14. The Hall–Kier alpha value is -2.60. The summed E-state index contributed by atoms with van der Waals surface area (Å²) in [6.07, 6.45) is 0.176. The number of nitrogens with one attached hydrogen (secondary N) is 1. The van der Waals surface area contributed by atoms with Gasteiger partial charge in [-0.25, -0.2) is 4.39 Å². The van der Waals surface area contributed by atoms with Crippen LogP contribution in [-0.4, -0.2) is 35.4 Å². The van der Waals surface area contributed by atoms with Crippen LogP contribution in [-0.2, 0) is 22.6 Å². The lowest BCUT2D eigenvalue weighted by atomic mass is 10.0. The van der Waals surface area contributed by atoms with Crippen LogP contribution >= 0.6 is 11.6 Å². The molecule has 1 atom stereocenters. The Morgan fingerprint density at radius 1 is 1.16 bits per heavy atom. The Morgan fingerprint density at radius 2 is 1.81 bits per heavy atom. The van der Waals surface area contributed by atoms with Gasteiger partial charge in [0.15, 0.2) is 0 Å². The highest BCUT2D eigenvalue weighted by Crippen LogP contribution is 2.23. The first kappa shape index (κ1) is 24.7. The molecule has 0 spiro atoms. The summed E-state index contributed by atoms with van der Waals surface area (Å²) in [7, 11) is 1.58. The van der Waals surface area contributed by atoms with E-state index in [2.05, 4.69) is 5.32 Å². The Bertz CT molecular complexity index is 890. The molecule has 168 valence electrons. The molecule has 0 aliphatic carbocycles. The van der Waals surface area contributed by atoms with E-state index in [1.807, 2.05) is 39.8 Å². The fraction of sp³-hybridized carbons (Fsp3) is 0.417. The van der Waals surface area contributed by atoms with Crippen molar-refractivity contribution in [2.75, 3.05) is 7.11 Å². The number of amides is 2. The second kappa shape index (κ2) is 10.6. The van der Waals surface area contributed by atoms with Gasteiger partial charge in [-0.1, -0.05) is 36.7 Å². The van der Waals surface area contributed by atoms with Gasteiger partial charge < -0.3 is 15.0 Å². The maximum absolute atomic E-state index is 14.3. The number of rotatable bonds is 8. The maximum atomic E-state index is 14.3. The highest BCUT2D eigenvalue weighted by Gasteiger charge is 2.31. The smallest absolute Gasteiger partial charge is 0.243 e. The van der Waals surface area contributed by atoms with Gasteiger partial charge in [-0.05, 0) is 57.0 Å². The number of halogens is 2. The summed E-state index contributed by atoms with van der Waals surface area (Å²) in [5.74, 6) is -0.482. The highest BCUT2D eigenvalue weighted by molar-refractivity contribution is 6.31. The van der Waals surface area contributed by atoms with Gasteiger partial charge in [-0.3, -0.25) is 9.59 Å². The molecule has 0 aliphatic rings. The monoisotopic (exact) mass is 448 g/mol. The molecule has 2 aromatic rings. The number of hydrogen-bond acceptors (Lipinski definition) is 3. The Balaban J connectivity index is 2.37. The van der Waals surface area contributed by atoms with Gasteiger partial charge in [0.2, 0.25) is 11.8 Å². The maximum Gasteiger partial charge on any atom is 0.243 e. The van der Waals surface area contributed by atoms with E-state index in [0.717, 1.165) is 5.56 Å². The molecule has 2 rings (SSSR count). The number of hydrogen-bond donors (Lipinski definition) is 1. The van der Waals surface area contributed by atoms with Crippen molar-refractivity contribution in [1.29, 1.82) is 0 Å². The van der Waals surface area contributed by atoms with Crippen molar-refractivity contribution < 1.29 is 18.7 Å². The quantitative estimate of drug-likeness (QED) is 0.633. The van der Waals surface area contributed by atoms with E-state index in [1.54, 1.807) is 25.3 Å². The van der Waals surface area contributed by atoms with Crippen molar-refractivity contribution in [3.63, 3.8) is 0 Å². The molecule has 0 fully saturated rings. The molecule has 31 heavy (non-hydrogen) atoms. The number of benzene rings is 2. The predicted molar refractivity (Wildman–Crippen MR) is 121 cm³/mol. The SMILES string of the molecule is CC[C@H](C(=O)NC(C)(C)C)N(Cc1ccc(OC)cc1)C(=O)Cc1c(F)cccc1Cl. The molecule has 0 aliphatic heterocycles. The number of carbonyl (C=O) groups is 2. The molecule has 5 nitrogen and oxygen atoms in total. The molecule has 2 aromatic carbocycles. The van der Waals surface area contributed by atoms with Crippen molar-refractivity contribution in [2.45, 2.75) is 58.7 Å². The summed E-state index contributed by atoms with van der Waals surface area (Å²) < 4.78 is 19.5. The topological polar surface area (TPSA) is 58.6 Å². The van der Waals surface area contributed by atoms with Crippen molar-refractivity contribution in [3.8, 4) is 5.75 Å². The molecule has 2 amide bonds. The lowest BCUT2D eigenvalue weighted by Gasteiger charge is -2.33. The molecule has 7 heteroatoms. The van der Waals surface area contributed by atoms with Gasteiger partial charge in [0.05, 0.1) is 13.5 Å². The Labute approximate surface area is 188 Å². The molecule has 0 bridgehead atoms. The normalized spacial score (nSPS) is 12.2. The number of nitrogens with zero attached hydrogens (tertiary/aromatic N) is 1. The van der Waals surface area contributed by atoms with Crippen molar-refractivity contribution in [1.82, 2.24) is 10.2 Å². The van der Waals surface area contributed by atoms with Crippen molar-refractivity contribution in [2.24, 2.45) is 0 Å². The van der Waals surface area contributed by atoms with E-state index in [1.165, 1.54) is 17.0 Å². The summed E-state index contributed by atoms with van der Waals surface area (Å²) in [6, 6.07) is 10.9. The zero-order valence-corrected chi connectivity index (χ0v) is 19.4. The van der Waals surface area contributed by atoms with E-state index in [-0.39, 0.29) is 35.4 Å². The zero-order chi connectivity index (χ0) is 23.2. The highest BCUT2D eigenvalue weighted by atomic mass is 35.5. The third-order valence-electron chi connectivity index (χ3n) is 4.79. The van der Waals surface area contributed by atoms with Crippen LogP contribution in [0.25, 0.3) is 0 Å². The molecule has 0 unspecified atom stereocenters. The van der Waals surface area contributed by atoms with Crippen LogP contribution in [0.4, 0.5) is 4.39 Å². The van der Waals surface area contributed by atoms with Gasteiger partial charge in [-0.15, -0.1) is 0 Å². The summed E-state index contributed by atoms with van der Waals surface area (Å²) in [6.45, 7) is 7.69. The fourth-order valence-electron chi connectivity index (χ4n) is 3.25. The van der Waals surface area contributed by atoms with Gasteiger partial charge in [0.25, 0.3) is 0 Å². The van der Waals surface area contributed by atoms with Crippen molar-refractivity contribution >= 4 is 23.4 Å². The molecular formula is C24H30ClFN2O3. The largest absolute Gasteiger partial charge is 0.497 e. The average molecular weight is 449 g/mol. The van der Waals surface area contributed by atoms with Crippen LogP contribution in [0.3, 0.4) is 0 Å². The molecular weight excluding hydrogens is 419 g/mol. The summed E-state index contributed by atoms with van der Waals surface area (Å²) in [5, 5.41) is 3.13. The van der Waals surface area contributed by atoms with Crippen LogP contribution < -0.4 is 10.1 Å². The summed E-state index contributed by atoms with van der Waals surface area (Å²) >= 11 is 6.13. The van der Waals surface area contributed by atoms with Crippen LogP contribution in [0, 0.1) is 5.82 Å². The lowest BCUT2D eigenvalue weighted by molar-refractivity contribution is -0.141. The van der Waals surface area contributed by atoms with Gasteiger partial charge in [0, 0.05) is 22.7 Å². The minimum absolute atomic E-state index is 0.125. The van der Waals surface area contributed by atoms with E-state index in [0.29, 0.717) is 12.2 Å². The first-order valence-corrected chi connectivity index (χ1v) is 10.6.